The predicted molar refractivity (Wildman–Crippen MR) is 88.1 cm³/mol. The molecule has 0 heterocycles. The van der Waals surface area contributed by atoms with Gasteiger partial charge in [0.05, 0.1) is 5.02 Å². The van der Waals surface area contributed by atoms with Crippen LogP contribution in [0.25, 0.3) is 0 Å². The highest BCUT2D eigenvalue weighted by molar-refractivity contribution is 9.08. The third-order valence-corrected chi connectivity index (χ3v) is 3.86. The van der Waals surface area contributed by atoms with Crippen LogP contribution in [0.5, 0.6) is 5.75 Å². The van der Waals surface area contributed by atoms with Crippen LogP contribution in [0.15, 0.2) is 36.4 Å². The van der Waals surface area contributed by atoms with E-state index in [1.807, 2.05) is 44.2 Å². The van der Waals surface area contributed by atoms with Gasteiger partial charge in [-0.2, -0.15) is 0 Å². The molecule has 0 atom stereocenters. The zero-order valence-electron chi connectivity index (χ0n) is 11.7. The van der Waals surface area contributed by atoms with Gasteiger partial charge < -0.3 is 4.74 Å². The Hall–Kier alpha value is -1.52. The lowest BCUT2D eigenvalue weighted by atomic mass is 10.0. The number of benzene rings is 2. The molecule has 2 aromatic carbocycles. The third kappa shape index (κ3) is 3.77. The van der Waals surface area contributed by atoms with Gasteiger partial charge in [-0.05, 0) is 43.2 Å². The molecule has 0 fully saturated rings. The van der Waals surface area contributed by atoms with Crippen molar-refractivity contribution >= 4 is 33.7 Å². The molecule has 21 heavy (non-hydrogen) atoms. The Morgan fingerprint density at radius 3 is 2.71 bits per heavy atom. The highest BCUT2D eigenvalue weighted by atomic mass is 79.9. The standard InChI is InChI=1S/C16H15BrClNO2/c1-10-6-7-15(14(18)8-10)21-9-13-11(2)4-3-5-12(13)16(20)19-17/h3-8H,9H2,1-2H3,(H,19,20). The van der Waals surface area contributed by atoms with Crippen molar-refractivity contribution in [2.75, 3.05) is 0 Å². The van der Waals surface area contributed by atoms with Crippen LogP contribution < -0.4 is 9.08 Å². The second kappa shape index (κ2) is 6.96. The van der Waals surface area contributed by atoms with E-state index in [4.69, 9.17) is 16.3 Å². The van der Waals surface area contributed by atoms with E-state index in [1.54, 1.807) is 6.07 Å². The molecule has 0 saturated heterocycles. The third-order valence-electron chi connectivity index (χ3n) is 3.20. The molecule has 0 bridgehead atoms. The number of carbonyl (C=O) groups excluding carboxylic acids is 1. The van der Waals surface area contributed by atoms with Crippen molar-refractivity contribution in [1.29, 1.82) is 0 Å². The molecule has 110 valence electrons. The maximum Gasteiger partial charge on any atom is 0.261 e. The first-order valence-corrected chi connectivity index (χ1v) is 7.58. The van der Waals surface area contributed by atoms with Crippen molar-refractivity contribution in [3.8, 4) is 5.75 Å². The molecular formula is C16H15BrClNO2. The van der Waals surface area contributed by atoms with Crippen LogP contribution in [-0.4, -0.2) is 5.91 Å². The number of carbonyl (C=O) groups is 1. The summed E-state index contributed by atoms with van der Waals surface area (Å²) in [5.41, 5.74) is 3.48. The van der Waals surface area contributed by atoms with Gasteiger partial charge in [0.15, 0.2) is 0 Å². The van der Waals surface area contributed by atoms with Crippen LogP contribution >= 0.6 is 27.7 Å². The summed E-state index contributed by atoms with van der Waals surface area (Å²) in [4.78, 5) is 11.9. The normalized spacial score (nSPS) is 10.3. The molecule has 0 aromatic heterocycles. The Bertz CT molecular complexity index is 673. The minimum atomic E-state index is -0.202. The van der Waals surface area contributed by atoms with Gasteiger partial charge in [-0.3, -0.25) is 9.14 Å². The molecule has 0 radical (unpaired) electrons. The van der Waals surface area contributed by atoms with Crippen molar-refractivity contribution < 1.29 is 9.53 Å². The number of nitrogens with one attached hydrogen (secondary N) is 1. The molecular weight excluding hydrogens is 354 g/mol. The Morgan fingerprint density at radius 2 is 2.05 bits per heavy atom. The highest BCUT2D eigenvalue weighted by Gasteiger charge is 2.13. The number of aryl methyl sites for hydroxylation is 2. The average Bonchev–Trinajstić information content (AvgIpc) is 2.46. The van der Waals surface area contributed by atoms with Crippen LogP contribution in [-0.2, 0) is 6.61 Å². The SMILES string of the molecule is Cc1ccc(OCc2c(C)cccc2C(=O)NBr)c(Cl)c1. The summed E-state index contributed by atoms with van der Waals surface area (Å²) in [5, 5.41) is 0.565. The number of hydrogen-bond donors (Lipinski definition) is 1. The van der Waals surface area contributed by atoms with E-state index in [9.17, 15) is 4.79 Å². The second-order valence-electron chi connectivity index (χ2n) is 4.75. The van der Waals surface area contributed by atoms with Gasteiger partial charge in [0.2, 0.25) is 0 Å². The van der Waals surface area contributed by atoms with E-state index in [2.05, 4.69) is 20.5 Å². The summed E-state index contributed by atoms with van der Waals surface area (Å²) in [6.07, 6.45) is 0. The highest BCUT2D eigenvalue weighted by Crippen LogP contribution is 2.27. The molecule has 5 heteroatoms. The fraction of sp³-hybridized carbons (Fsp3) is 0.188. The minimum Gasteiger partial charge on any atom is -0.487 e. The number of rotatable bonds is 4. The van der Waals surface area contributed by atoms with Crippen LogP contribution in [0.1, 0.15) is 27.0 Å². The van der Waals surface area contributed by atoms with Gasteiger partial charge in [0, 0.05) is 27.3 Å². The lowest BCUT2D eigenvalue weighted by molar-refractivity contribution is 0.0984. The molecule has 0 aliphatic heterocycles. The number of amides is 1. The van der Waals surface area contributed by atoms with Crippen molar-refractivity contribution in [2.45, 2.75) is 20.5 Å². The molecule has 0 unspecified atom stereocenters. The van der Waals surface area contributed by atoms with Gasteiger partial charge in [-0.25, -0.2) is 0 Å². The number of ether oxygens (including phenoxy) is 1. The molecule has 2 rings (SSSR count). The molecule has 1 N–H and O–H groups in total. The molecule has 0 spiro atoms. The topological polar surface area (TPSA) is 38.3 Å². The van der Waals surface area contributed by atoms with Gasteiger partial charge in [-0.1, -0.05) is 29.8 Å². The minimum absolute atomic E-state index is 0.202. The van der Waals surface area contributed by atoms with E-state index in [1.165, 1.54) is 0 Å². The maximum absolute atomic E-state index is 11.9. The predicted octanol–water partition coefficient (Wildman–Crippen LogP) is 4.58. The summed E-state index contributed by atoms with van der Waals surface area (Å²) in [6.45, 7) is 4.20. The first-order chi connectivity index (χ1) is 10.0. The Labute approximate surface area is 137 Å². The van der Waals surface area contributed by atoms with Crippen molar-refractivity contribution in [2.24, 2.45) is 0 Å². The summed E-state index contributed by atoms with van der Waals surface area (Å²) < 4.78 is 8.22. The fourth-order valence-corrected chi connectivity index (χ4v) is 2.53. The summed E-state index contributed by atoms with van der Waals surface area (Å²) in [6, 6.07) is 11.2. The van der Waals surface area contributed by atoms with E-state index in [0.717, 1.165) is 16.7 Å². The van der Waals surface area contributed by atoms with Gasteiger partial charge in [-0.15, -0.1) is 0 Å². The maximum atomic E-state index is 11.9. The number of halogens is 2. The molecule has 0 aliphatic carbocycles. The Balaban J connectivity index is 2.25. The molecule has 0 aliphatic rings. The lowest BCUT2D eigenvalue weighted by Crippen LogP contribution is -2.16. The average molecular weight is 369 g/mol. The Morgan fingerprint density at radius 1 is 1.29 bits per heavy atom. The fourth-order valence-electron chi connectivity index (χ4n) is 2.03. The number of hydrogen-bond acceptors (Lipinski definition) is 2. The molecule has 1 amide bonds. The van der Waals surface area contributed by atoms with E-state index < -0.39 is 0 Å². The van der Waals surface area contributed by atoms with Crippen LogP contribution in [0.4, 0.5) is 0 Å². The zero-order valence-corrected chi connectivity index (χ0v) is 14.1. The smallest absolute Gasteiger partial charge is 0.261 e. The van der Waals surface area contributed by atoms with Gasteiger partial charge in [0.25, 0.3) is 5.91 Å². The van der Waals surface area contributed by atoms with Crippen LogP contribution in [0.3, 0.4) is 0 Å². The molecule has 3 nitrogen and oxygen atoms in total. The van der Waals surface area contributed by atoms with Crippen molar-refractivity contribution in [3.63, 3.8) is 0 Å². The molecule has 0 saturated carbocycles. The van der Waals surface area contributed by atoms with E-state index in [0.29, 0.717) is 16.3 Å². The summed E-state index contributed by atoms with van der Waals surface area (Å²) >= 11 is 9.12. The first kappa shape index (κ1) is 15.9. The van der Waals surface area contributed by atoms with Crippen LogP contribution in [0.2, 0.25) is 5.02 Å². The largest absolute Gasteiger partial charge is 0.487 e. The lowest BCUT2D eigenvalue weighted by Gasteiger charge is -2.13. The van der Waals surface area contributed by atoms with Gasteiger partial charge in [0.1, 0.15) is 12.4 Å². The van der Waals surface area contributed by atoms with Crippen molar-refractivity contribution in [1.82, 2.24) is 4.34 Å². The van der Waals surface area contributed by atoms with Crippen molar-refractivity contribution in [3.05, 3.63) is 63.7 Å². The summed E-state index contributed by atoms with van der Waals surface area (Å²) in [7, 11) is 0. The molecule has 2 aromatic rings. The van der Waals surface area contributed by atoms with Gasteiger partial charge >= 0.3 is 0 Å². The second-order valence-corrected chi connectivity index (χ2v) is 5.55. The van der Waals surface area contributed by atoms with Crippen LogP contribution in [0, 0.1) is 13.8 Å². The first-order valence-electron chi connectivity index (χ1n) is 6.41. The monoisotopic (exact) mass is 367 g/mol. The quantitative estimate of drug-likeness (QED) is 0.803. The van der Waals surface area contributed by atoms with E-state index >= 15 is 0 Å². The zero-order chi connectivity index (χ0) is 15.4. The summed E-state index contributed by atoms with van der Waals surface area (Å²) in [5.74, 6) is 0.406. The Kier molecular flexibility index (Phi) is 5.26. The van der Waals surface area contributed by atoms with E-state index in [-0.39, 0.29) is 12.5 Å².